The van der Waals surface area contributed by atoms with Crippen LogP contribution in [0.2, 0.25) is 0 Å². The first-order chi connectivity index (χ1) is 15.6. The van der Waals surface area contributed by atoms with Gasteiger partial charge in [0.25, 0.3) is 5.91 Å². The van der Waals surface area contributed by atoms with Crippen molar-refractivity contribution in [3.05, 3.63) is 71.6 Å². The molecular weight excluding hydrogens is 406 g/mol. The van der Waals surface area contributed by atoms with Gasteiger partial charge in [-0.25, -0.2) is 9.98 Å². The molecule has 0 aliphatic carbocycles. The summed E-state index contributed by atoms with van der Waals surface area (Å²) in [6.07, 6.45) is 1.62. The number of carbonyl (C=O) groups is 1. The molecule has 0 aliphatic rings. The zero-order valence-corrected chi connectivity index (χ0v) is 18.6. The lowest BCUT2D eigenvalue weighted by Gasteiger charge is -2.11. The summed E-state index contributed by atoms with van der Waals surface area (Å²) in [6.45, 7) is 6.12. The van der Waals surface area contributed by atoms with E-state index in [1.807, 2.05) is 38.1 Å². The highest BCUT2D eigenvalue weighted by molar-refractivity contribution is 5.94. The first-order valence-electron chi connectivity index (χ1n) is 10.5. The lowest BCUT2D eigenvalue weighted by molar-refractivity contribution is 0.0954. The van der Waals surface area contributed by atoms with Crippen molar-refractivity contribution in [2.75, 3.05) is 26.7 Å². The van der Waals surface area contributed by atoms with Gasteiger partial charge in [0.05, 0.1) is 13.7 Å². The fourth-order valence-corrected chi connectivity index (χ4v) is 2.91. The zero-order valence-electron chi connectivity index (χ0n) is 18.6. The Balaban J connectivity index is 1.48. The highest BCUT2D eigenvalue weighted by Crippen LogP contribution is 2.19. The molecule has 168 valence electrons. The van der Waals surface area contributed by atoms with Crippen LogP contribution in [-0.2, 0) is 6.54 Å². The quantitative estimate of drug-likeness (QED) is 0.271. The highest BCUT2D eigenvalue weighted by Gasteiger charge is 2.08. The number of hydrogen-bond acceptors (Lipinski definition) is 5. The fraction of sp³-hybridized carbons (Fsp3) is 0.292. The third-order valence-electron chi connectivity index (χ3n) is 4.65. The Bertz CT molecular complexity index is 1030. The van der Waals surface area contributed by atoms with Crippen molar-refractivity contribution in [1.29, 1.82) is 0 Å². The maximum absolute atomic E-state index is 12.2. The number of oxazole rings is 1. The van der Waals surface area contributed by atoms with Crippen LogP contribution in [-0.4, -0.2) is 43.6 Å². The van der Waals surface area contributed by atoms with E-state index >= 15 is 0 Å². The van der Waals surface area contributed by atoms with Crippen molar-refractivity contribution in [3.63, 3.8) is 0 Å². The van der Waals surface area contributed by atoms with Crippen LogP contribution in [0.15, 0.2) is 64.2 Å². The van der Waals surface area contributed by atoms with Crippen LogP contribution in [0.1, 0.15) is 28.5 Å². The normalized spacial score (nSPS) is 11.2. The smallest absolute Gasteiger partial charge is 0.251 e. The van der Waals surface area contributed by atoms with E-state index in [0.717, 1.165) is 17.8 Å². The van der Waals surface area contributed by atoms with Crippen LogP contribution < -0.4 is 20.7 Å². The minimum absolute atomic E-state index is 0.136. The number of methoxy groups -OCH3 is 1. The summed E-state index contributed by atoms with van der Waals surface area (Å²) in [5, 5.41) is 9.27. The molecule has 8 nitrogen and oxygen atoms in total. The summed E-state index contributed by atoms with van der Waals surface area (Å²) in [5.74, 6) is 1.80. The predicted molar refractivity (Wildman–Crippen MR) is 125 cm³/mol. The van der Waals surface area contributed by atoms with Gasteiger partial charge in [-0.2, -0.15) is 0 Å². The van der Waals surface area contributed by atoms with Gasteiger partial charge in [-0.05, 0) is 50.2 Å². The maximum atomic E-state index is 12.2. The molecule has 0 fully saturated rings. The first kappa shape index (κ1) is 22.9. The third-order valence-corrected chi connectivity index (χ3v) is 4.65. The van der Waals surface area contributed by atoms with Crippen LogP contribution in [0.4, 0.5) is 0 Å². The number of hydrogen-bond donors (Lipinski definition) is 3. The Morgan fingerprint density at radius 2 is 1.75 bits per heavy atom. The summed E-state index contributed by atoms with van der Waals surface area (Å²) in [7, 11) is 1.59. The summed E-state index contributed by atoms with van der Waals surface area (Å²) in [6, 6.07) is 15.0. The molecule has 0 radical (unpaired) electrons. The Labute approximate surface area is 188 Å². The zero-order chi connectivity index (χ0) is 22.8. The van der Waals surface area contributed by atoms with Gasteiger partial charge in [0, 0.05) is 30.8 Å². The lowest BCUT2D eigenvalue weighted by Crippen LogP contribution is -2.41. The molecule has 0 unspecified atom stereocenters. The maximum Gasteiger partial charge on any atom is 0.251 e. The SMILES string of the molecule is CCNC(=NCc1coc(-c2ccc(C)cc2)n1)NCCNC(=O)c1ccc(OC)cc1. The molecule has 1 aromatic heterocycles. The number of carbonyl (C=O) groups excluding carboxylic acids is 1. The number of benzene rings is 2. The van der Waals surface area contributed by atoms with Gasteiger partial charge in [0.15, 0.2) is 5.96 Å². The molecule has 1 amide bonds. The van der Waals surface area contributed by atoms with Gasteiger partial charge in [-0.3, -0.25) is 4.79 Å². The molecule has 2 aromatic carbocycles. The summed E-state index contributed by atoms with van der Waals surface area (Å²) >= 11 is 0. The topological polar surface area (TPSA) is 101 Å². The van der Waals surface area contributed by atoms with Crippen molar-refractivity contribution in [2.24, 2.45) is 4.99 Å². The number of nitrogens with zero attached hydrogens (tertiary/aromatic N) is 2. The molecule has 0 spiro atoms. The minimum Gasteiger partial charge on any atom is -0.497 e. The van der Waals surface area contributed by atoms with Crippen LogP contribution in [0, 0.1) is 6.92 Å². The van der Waals surface area contributed by atoms with E-state index in [4.69, 9.17) is 9.15 Å². The standard InChI is InChI=1S/C24H29N5O3/c1-4-25-24(27-14-13-26-22(30)18-9-11-21(31-3)12-10-18)28-15-20-16-32-23(29-20)19-7-5-17(2)6-8-19/h5-12,16H,4,13-15H2,1-3H3,(H,26,30)(H2,25,27,28). The van der Waals surface area contributed by atoms with Crippen LogP contribution >= 0.6 is 0 Å². The lowest BCUT2D eigenvalue weighted by atomic mass is 10.1. The van der Waals surface area contributed by atoms with E-state index in [1.165, 1.54) is 5.56 Å². The number of amides is 1. The minimum atomic E-state index is -0.136. The molecule has 8 heteroatoms. The number of ether oxygens (including phenoxy) is 1. The Morgan fingerprint density at radius 1 is 1.03 bits per heavy atom. The van der Waals surface area contributed by atoms with E-state index in [2.05, 4.69) is 25.9 Å². The summed E-state index contributed by atoms with van der Waals surface area (Å²) in [4.78, 5) is 21.3. The first-order valence-corrected chi connectivity index (χ1v) is 10.5. The van der Waals surface area contributed by atoms with Gasteiger partial charge >= 0.3 is 0 Å². The van der Waals surface area contributed by atoms with Gasteiger partial charge in [0.2, 0.25) is 5.89 Å². The second kappa shape index (κ2) is 11.5. The van der Waals surface area contributed by atoms with Gasteiger partial charge in [-0.1, -0.05) is 17.7 Å². The Kier molecular flexibility index (Phi) is 8.25. The number of aliphatic imine (C=N–C) groups is 1. The molecule has 3 aromatic rings. The molecule has 1 heterocycles. The van der Waals surface area contributed by atoms with Crippen LogP contribution in [0.3, 0.4) is 0 Å². The van der Waals surface area contributed by atoms with Crippen molar-refractivity contribution in [3.8, 4) is 17.2 Å². The van der Waals surface area contributed by atoms with E-state index < -0.39 is 0 Å². The second-order valence-electron chi connectivity index (χ2n) is 7.12. The van der Waals surface area contributed by atoms with Gasteiger partial charge in [-0.15, -0.1) is 0 Å². The molecular formula is C24H29N5O3. The van der Waals surface area contributed by atoms with Gasteiger partial charge < -0.3 is 25.1 Å². The van der Waals surface area contributed by atoms with Crippen LogP contribution in [0.5, 0.6) is 5.75 Å². The number of nitrogens with one attached hydrogen (secondary N) is 3. The summed E-state index contributed by atoms with van der Waals surface area (Å²) in [5.41, 5.74) is 3.45. The molecule has 3 rings (SSSR count). The van der Waals surface area contributed by atoms with Crippen molar-refractivity contribution >= 4 is 11.9 Å². The number of rotatable bonds is 9. The highest BCUT2D eigenvalue weighted by atomic mass is 16.5. The van der Waals surface area contributed by atoms with Crippen molar-refractivity contribution in [1.82, 2.24) is 20.9 Å². The molecule has 0 atom stereocenters. The second-order valence-corrected chi connectivity index (χ2v) is 7.12. The molecule has 32 heavy (non-hydrogen) atoms. The number of aryl methyl sites for hydroxylation is 1. The van der Waals surface area contributed by atoms with Crippen molar-refractivity contribution in [2.45, 2.75) is 20.4 Å². The van der Waals surface area contributed by atoms with Gasteiger partial charge in [0.1, 0.15) is 17.7 Å². The van der Waals surface area contributed by atoms with E-state index in [0.29, 0.717) is 42.8 Å². The average molecular weight is 436 g/mol. The molecule has 0 bridgehead atoms. The molecule has 0 saturated heterocycles. The molecule has 0 aliphatic heterocycles. The van der Waals surface area contributed by atoms with E-state index in [1.54, 1.807) is 37.6 Å². The number of guanidine groups is 1. The number of aromatic nitrogens is 1. The molecule has 0 saturated carbocycles. The Morgan fingerprint density at radius 3 is 2.44 bits per heavy atom. The molecule has 3 N–H and O–H groups in total. The van der Waals surface area contributed by atoms with E-state index in [-0.39, 0.29) is 5.91 Å². The fourth-order valence-electron chi connectivity index (χ4n) is 2.91. The predicted octanol–water partition coefficient (Wildman–Crippen LogP) is 3.14. The third kappa shape index (κ3) is 6.60. The average Bonchev–Trinajstić information content (AvgIpc) is 3.29. The van der Waals surface area contributed by atoms with E-state index in [9.17, 15) is 4.79 Å². The monoisotopic (exact) mass is 435 g/mol. The Hall–Kier alpha value is -3.81. The van der Waals surface area contributed by atoms with Crippen molar-refractivity contribution < 1.29 is 13.9 Å². The van der Waals surface area contributed by atoms with Crippen LogP contribution in [0.25, 0.3) is 11.5 Å². The summed E-state index contributed by atoms with van der Waals surface area (Å²) < 4.78 is 10.7. The largest absolute Gasteiger partial charge is 0.497 e.